The van der Waals surface area contributed by atoms with Crippen LogP contribution in [0.4, 0.5) is 17.1 Å². The van der Waals surface area contributed by atoms with Crippen molar-refractivity contribution in [2.45, 2.75) is 4.90 Å². The summed E-state index contributed by atoms with van der Waals surface area (Å²) in [5, 5.41) is 21.5. The lowest BCUT2D eigenvalue weighted by molar-refractivity contribution is 0.469. The van der Waals surface area contributed by atoms with Gasteiger partial charge in [-0.25, -0.2) is 0 Å². The maximum absolute atomic E-state index is 11.3. The Morgan fingerprint density at radius 1 is 0.793 bits per heavy atom. The molecule has 0 aliphatic carbocycles. The summed E-state index contributed by atoms with van der Waals surface area (Å²) in [5.41, 5.74) is 17.6. The van der Waals surface area contributed by atoms with Crippen molar-refractivity contribution in [2.24, 2.45) is 0 Å². The first-order valence-corrected chi connectivity index (χ1v) is 9.84. The molecule has 0 unspecified atom stereocenters. The van der Waals surface area contributed by atoms with E-state index >= 15 is 0 Å². The standard InChI is InChI=1S/C10H10N2O4S.C10H9NO/c11-5-1-2-6-7(3-5)9(17(14,15)16)4-8(13)10(6)12;11-9-6-5-7-3-1-2-4-8(7)10(9)12/h1-4,13H,11-12H2,(H,14,15,16);1-6,12H,11H2/p+1. The number of nitrogen functional groups attached to an aromatic ring is 3. The van der Waals surface area contributed by atoms with E-state index in [0.29, 0.717) is 16.8 Å². The van der Waals surface area contributed by atoms with Gasteiger partial charge < -0.3 is 32.0 Å². The summed E-state index contributed by atoms with van der Waals surface area (Å²) in [6.07, 6.45) is 0. The average Bonchev–Trinajstić information content (AvgIpc) is 2.67. The second-order valence-corrected chi connectivity index (χ2v) is 7.79. The van der Waals surface area contributed by atoms with Crippen LogP contribution in [-0.2, 0) is 10.1 Å². The molecule has 4 rings (SSSR count). The first kappa shape index (κ1) is 20.1. The molecule has 0 radical (unpaired) electrons. The summed E-state index contributed by atoms with van der Waals surface area (Å²) in [6.45, 7) is 0. The molecule has 0 bridgehead atoms. The minimum absolute atomic E-state index is 0.0624. The molecule has 150 valence electrons. The van der Waals surface area contributed by atoms with Crippen LogP contribution in [0.5, 0.6) is 11.5 Å². The largest absolute Gasteiger partial charge is 0.506 e. The van der Waals surface area contributed by atoms with Crippen molar-refractivity contribution in [3.63, 3.8) is 0 Å². The van der Waals surface area contributed by atoms with Gasteiger partial charge in [0.1, 0.15) is 11.5 Å². The number of phenolic OH excluding ortho intramolecular Hbond substituents is 2. The Hall–Kier alpha value is -3.69. The van der Waals surface area contributed by atoms with E-state index in [1.54, 1.807) is 12.1 Å². The highest BCUT2D eigenvalue weighted by Gasteiger charge is 2.22. The lowest BCUT2D eigenvalue weighted by Crippen LogP contribution is -2.01. The van der Waals surface area contributed by atoms with Crippen LogP contribution in [0.3, 0.4) is 0 Å². The molecule has 0 fully saturated rings. The van der Waals surface area contributed by atoms with Crippen LogP contribution in [-0.4, -0.2) is 23.2 Å². The van der Waals surface area contributed by atoms with Crippen LogP contribution in [0.15, 0.2) is 65.6 Å². The fourth-order valence-electron chi connectivity index (χ4n) is 2.91. The molecule has 0 aliphatic rings. The molecule has 0 aliphatic heterocycles. The SMILES string of the molecule is Nc1ccc2c(N)c(O)cc(S(=O)(=O)[OH2+])c2c1.Nc1ccc2ccccc2c1O. The van der Waals surface area contributed by atoms with Gasteiger partial charge in [-0.3, -0.25) is 0 Å². The first-order chi connectivity index (χ1) is 13.6. The van der Waals surface area contributed by atoms with Gasteiger partial charge in [0, 0.05) is 27.9 Å². The smallest absolute Gasteiger partial charge is 0.409 e. The van der Waals surface area contributed by atoms with Gasteiger partial charge >= 0.3 is 10.1 Å². The molecule has 8 nitrogen and oxygen atoms in total. The van der Waals surface area contributed by atoms with Gasteiger partial charge in [-0.1, -0.05) is 36.4 Å². The number of fused-ring (bicyclic) bond motifs is 2. The number of hydrogen-bond donors (Lipinski definition) is 5. The van der Waals surface area contributed by atoms with Gasteiger partial charge in [0.05, 0.1) is 11.4 Å². The molecule has 0 atom stereocenters. The number of benzene rings is 4. The van der Waals surface area contributed by atoms with Crippen LogP contribution in [0.25, 0.3) is 21.5 Å². The van der Waals surface area contributed by atoms with E-state index in [1.807, 2.05) is 30.3 Å². The molecule has 4 aromatic rings. The zero-order valence-corrected chi connectivity index (χ0v) is 15.9. The Morgan fingerprint density at radius 2 is 1.48 bits per heavy atom. The molecule has 0 saturated heterocycles. The Balaban J connectivity index is 0.000000176. The third-order valence-electron chi connectivity index (χ3n) is 4.36. The molecule has 4 aromatic carbocycles. The molecule has 0 heterocycles. The average molecular weight is 414 g/mol. The monoisotopic (exact) mass is 414 g/mol. The van der Waals surface area contributed by atoms with Crippen LogP contribution in [0.1, 0.15) is 0 Å². The quantitative estimate of drug-likeness (QED) is 0.180. The van der Waals surface area contributed by atoms with E-state index in [9.17, 15) is 18.6 Å². The Bertz CT molecular complexity index is 1340. The summed E-state index contributed by atoms with van der Waals surface area (Å²) in [4.78, 5) is -0.313. The number of aromatic hydroxyl groups is 2. The second-order valence-electron chi connectivity index (χ2n) is 6.34. The summed E-state index contributed by atoms with van der Waals surface area (Å²) in [6, 6.07) is 16.6. The van der Waals surface area contributed by atoms with E-state index in [0.717, 1.165) is 16.8 Å². The van der Waals surface area contributed by atoms with Crippen molar-refractivity contribution in [2.75, 3.05) is 17.2 Å². The third-order valence-corrected chi connectivity index (χ3v) is 5.28. The van der Waals surface area contributed by atoms with Gasteiger partial charge in [0.2, 0.25) is 0 Å². The lowest BCUT2D eigenvalue weighted by atomic mass is 10.1. The number of rotatable bonds is 1. The first-order valence-electron chi connectivity index (χ1n) is 8.36. The molecular weight excluding hydrogens is 394 g/mol. The molecule has 10 N–H and O–H groups in total. The van der Waals surface area contributed by atoms with Crippen LogP contribution >= 0.6 is 0 Å². The van der Waals surface area contributed by atoms with Gasteiger partial charge in [-0.15, -0.1) is 8.42 Å². The topological polar surface area (TPSA) is 176 Å². The van der Waals surface area contributed by atoms with Gasteiger partial charge in [0.25, 0.3) is 0 Å². The Kier molecular flexibility index (Phi) is 5.10. The van der Waals surface area contributed by atoms with E-state index in [4.69, 9.17) is 21.8 Å². The lowest BCUT2D eigenvalue weighted by Gasteiger charge is -2.08. The van der Waals surface area contributed by atoms with Crippen molar-refractivity contribution in [1.29, 1.82) is 0 Å². The Morgan fingerprint density at radius 3 is 2.17 bits per heavy atom. The Labute approximate surface area is 166 Å². The second kappa shape index (κ2) is 7.38. The fourth-order valence-corrected chi connectivity index (χ4v) is 3.64. The molecule has 0 amide bonds. The molecular formula is C20H20N3O5S+. The normalized spacial score (nSPS) is 11.2. The van der Waals surface area contributed by atoms with Crippen LogP contribution in [0.2, 0.25) is 0 Å². The summed E-state index contributed by atoms with van der Waals surface area (Å²) >= 11 is 0. The zero-order chi connectivity index (χ0) is 21.3. The summed E-state index contributed by atoms with van der Waals surface area (Å²) in [5.74, 6) is -0.193. The zero-order valence-electron chi connectivity index (χ0n) is 15.1. The van der Waals surface area contributed by atoms with Crippen LogP contribution < -0.4 is 17.2 Å². The van der Waals surface area contributed by atoms with Crippen molar-refractivity contribution in [3.05, 3.63) is 60.7 Å². The van der Waals surface area contributed by atoms with E-state index < -0.39 is 10.1 Å². The number of anilines is 3. The molecule has 9 heteroatoms. The van der Waals surface area contributed by atoms with Gasteiger partial charge in [-0.05, 0) is 23.6 Å². The molecule has 0 aromatic heterocycles. The molecule has 0 spiro atoms. The van der Waals surface area contributed by atoms with Crippen molar-refractivity contribution < 1.29 is 23.2 Å². The van der Waals surface area contributed by atoms with E-state index in [-0.39, 0.29) is 27.5 Å². The highest BCUT2D eigenvalue weighted by Crippen LogP contribution is 2.36. The number of nitrogens with two attached hydrogens (primary N) is 3. The van der Waals surface area contributed by atoms with E-state index in [2.05, 4.69) is 0 Å². The number of phenols is 2. The van der Waals surface area contributed by atoms with Crippen LogP contribution in [0, 0.1) is 0 Å². The highest BCUT2D eigenvalue weighted by atomic mass is 32.2. The summed E-state index contributed by atoms with van der Waals surface area (Å²) in [7, 11) is -4.21. The maximum Gasteiger partial charge on any atom is 0.409 e. The van der Waals surface area contributed by atoms with E-state index in [1.165, 1.54) is 12.1 Å². The summed E-state index contributed by atoms with van der Waals surface area (Å²) < 4.78 is 29.7. The molecule has 0 saturated carbocycles. The molecule has 29 heavy (non-hydrogen) atoms. The van der Waals surface area contributed by atoms with Crippen molar-refractivity contribution >= 4 is 48.7 Å². The predicted octanol–water partition coefficient (Wildman–Crippen LogP) is 2.25. The fraction of sp³-hybridized carbons (Fsp3) is 0. The van der Waals surface area contributed by atoms with Crippen molar-refractivity contribution in [3.8, 4) is 11.5 Å². The van der Waals surface area contributed by atoms with Crippen molar-refractivity contribution in [1.82, 2.24) is 0 Å². The number of hydrogen-bond acceptors (Lipinski definition) is 7. The highest BCUT2D eigenvalue weighted by molar-refractivity contribution is 7.86. The minimum atomic E-state index is -4.21. The third kappa shape index (κ3) is 3.96. The van der Waals surface area contributed by atoms with Gasteiger partial charge in [0.15, 0.2) is 4.90 Å². The predicted molar refractivity (Wildman–Crippen MR) is 115 cm³/mol. The van der Waals surface area contributed by atoms with Gasteiger partial charge in [-0.2, -0.15) is 0 Å². The minimum Gasteiger partial charge on any atom is -0.506 e. The maximum atomic E-state index is 11.3.